The highest BCUT2D eigenvalue weighted by molar-refractivity contribution is 9.12. The van der Waals surface area contributed by atoms with Crippen molar-refractivity contribution in [2.45, 2.75) is 18.8 Å². The standard InChI is InChI=1S/C28H19BrClNO5/c29-21-12-22(33)25-20(26(21)34)11-19-17(23(25)13-1-7-16(32)8-2-13)9-10-18-24(19)28(36)31(27(18)35)15-5-3-14(30)4-6-15/h1-9,12,18-19,23-24,32H,10-11H2. The first-order valence-electron chi connectivity index (χ1n) is 11.6. The number of anilines is 1. The van der Waals surface area contributed by atoms with Crippen LogP contribution in [0.1, 0.15) is 24.3 Å². The van der Waals surface area contributed by atoms with E-state index in [-0.39, 0.29) is 40.0 Å². The maximum absolute atomic E-state index is 13.8. The number of phenols is 1. The number of halogens is 2. The summed E-state index contributed by atoms with van der Waals surface area (Å²) in [5.41, 5.74) is 2.85. The van der Waals surface area contributed by atoms with Crippen LogP contribution in [0.25, 0.3) is 0 Å². The summed E-state index contributed by atoms with van der Waals surface area (Å²) in [6.45, 7) is 0. The molecule has 2 amide bonds. The molecule has 1 fully saturated rings. The number of allylic oxidation sites excluding steroid dienone is 6. The van der Waals surface area contributed by atoms with E-state index < -0.39 is 23.7 Å². The van der Waals surface area contributed by atoms with E-state index in [0.29, 0.717) is 28.3 Å². The van der Waals surface area contributed by atoms with Gasteiger partial charge in [-0.1, -0.05) is 35.4 Å². The fourth-order valence-electron chi connectivity index (χ4n) is 6.10. The van der Waals surface area contributed by atoms with E-state index in [4.69, 9.17) is 11.6 Å². The van der Waals surface area contributed by atoms with E-state index in [1.165, 1.54) is 11.0 Å². The lowest BCUT2D eigenvalue weighted by atomic mass is 9.59. The molecule has 2 aromatic rings. The summed E-state index contributed by atoms with van der Waals surface area (Å²) in [6.07, 6.45) is 3.84. The molecular weight excluding hydrogens is 546 g/mol. The molecule has 4 atom stereocenters. The van der Waals surface area contributed by atoms with Crippen molar-refractivity contribution in [2.24, 2.45) is 17.8 Å². The Hall–Kier alpha value is -3.29. The maximum atomic E-state index is 13.8. The Kier molecular flexibility index (Phi) is 5.39. The van der Waals surface area contributed by atoms with E-state index >= 15 is 0 Å². The van der Waals surface area contributed by atoms with E-state index in [9.17, 15) is 24.3 Å². The molecule has 3 aliphatic carbocycles. The lowest BCUT2D eigenvalue weighted by Gasteiger charge is -2.42. The third-order valence-corrected chi connectivity index (χ3v) is 8.48. The molecule has 1 saturated heterocycles. The van der Waals surface area contributed by atoms with Crippen molar-refractivity contribution < 1.29 is 24.3 Å². The molecule has 0 spiro atoms. The van der Waals surface area contributed by atoms with Crippen molar-refractivity contribution in [2.75, 3.05) is 4.90 Å². The minimum atomic E-state index is -0.644. The lowest BCUT2D eigenvalue weighted by molar-refractivity contribution is -0.123. The highest BCUT2D eigenvalue weighted by Gasteiger charge is 2.56. The van der Waals surface area contributed by atoms with Gasteiger partial charge in [0, 0.05) is 28.2 Å². The highest BCUT2D eigenvalue weighted by Crippen LogP contribution is 2.55. The van der Waals surface area contributed by atoms with E-state index in [1.54, 1.807) is 48.5 Å². The van der Waals surface area contributed by atoms with Gasteiger partial charge in [-0.2, -0.15) is 0 Å². The van der Waals surface area contributed by atoms with Gasteiger partial charge in [0.15, 0.2) is 11.6 Å². The Labute approximate surface area is 220 Å². The Bertz CT molecular complexity index is 1450. The number of rotatable bonds is 2. The number of Topliss-reactive ketones (excluding diaryl/α,β-unsaturated/α-hetero) is 1. The number of nitrogens with zero attached hydrogens (tertiary/aromatic N) is 1. The minimum Gasteiger partial charge on any atom is -0.508 e. The second-order valence-electron chi connectivity index (χ2n) is 9.47. The summed E-state index contributed by atoms with van der Waals surface area (Å²) in [5, 5.41) is 10.3. The SMILES string of the molecule is O=C1C=C(Br)C(=O)C2=C1C(c1ccc(O)cc1)C1=CCC3C(=O)N(c4ccc(Cl)cc4)C(=O)C3C1C2. The van der Waals surface area contributed by atoms with Gasteiger partial charge in [0.05, 0.1) is 22.0 Å². The van der Waals surface area contributed by atoms with Crippen LogP contribution >= 0.6 is 27.5 Å². The Morgan fingerprint density at radius 1 is 0.917 bits per heavy atom. The molecule has 180 valence electrons. The molecule has 0 aromatic heterocycles. The molecule has 6 rings (SSSR count). The number of amides is 2. The van der Waals surface area contributed by atoms with Crippen LogP contribution in [0.15, 0.2) is 81.9 Å². The molecule has 4 aliphatic rings. The summed E-state index contributed by atoms with van der Waals surface area (Å²) in [4.78, 5) is 54.8. The van der Waals surface area contributed by atoms with Crippen LogP contribution in [0.5, 0.6) is 5.75 Å². The normalized spacial score (nSPS) is 27.4. The van der Waals surface area contributed by atoms with Gasteiger partial charge in [-0.3, -0.25) is 24.1 Å². The number of carbonyl (C=O) groups excluding carboxylic acids is 4. The van der Waals surface area contributed by atoms with E-state index in [0.717, 1.165) is 11.1 Å². The number of hydrogen-bond donors (Lipinski definition) is 1. The maximum Gasteiger partial charge on any atom is 0.238 e. The van der Waals surface area contributed by atoms with Crippen LogP contribution in [0.3, 0.4) is 0 Å². The van der Waals surface area contributed by atoms with Crippen molar-refractivity contribution in [1.82, 2.24) is 0 Å². The first kappa shape index (κ1) is 23.1. The number of fused-ring (bicyclic) bond motifs is 3. The molecule has 0 saturated carbocycles. The van der Waals surface area contributed by atoms with Gasteiger partial charge < -0.3 is 5.11 Å². The smallest absolute Gasteiger partial charge is 0.238 e. The van der Waals surface area contributed by atoms with Crippen molar-refractivity contribution in [3.05, 3.63) is 92.5 Å². The number of imide groups is 1. The van der Waals surface area contributed by atoms with Crippen LogP contribution in [0, 0.1) is 17.8 Å². The summed E-state index contributed by atoms with van der Waals surface area (Å²) in [5.74, 6) is -3.16. The van der Waals surface area contributed by atoms with Gasteiger partial charge in [-0.05, 0) is 76.7 Å². The van der Waals surface area contributed by atoms with Crippen LogP contribution in [-0.2, 0) is 19.2 Å². The van der Waals surface area contributed by atoms with Gasteiger partial charge in [-0.15, -0.1) is 0 Å². The van der Waals surface area contributed by atoms with E-state index in [1.807, 2.05) is 6.08 Å². The molecule has 6 nitrogen and oxygen atoms in total. The Morgan fingerprint density at radius 2 is 1.61 bits per heavy atom. The second kappa shape index (κ2) is 8.39. The van der Waals surface area contributed by atoms with Crippen LogP contribution in [0.4, 0.5) is 5.69 Å². The number of phenolic OH excluding ortho intramolecular Hbond substituents is 1. The lowest BCUT2D eigenvalue weighted by Crippen LogP contribution is -2.39. The number of benzene rings is 2. The Morgan fingerprint density at radius 3 is 2.31 bits per heavy atom. The number of aromatic hydroxyl groups is 1. The zero-order valence-electron chi connectivity index (χ0n) is 18.8. The van der Waals surface area contributed by atoms with Crippen molar-refractivity contribution in [3.8, 4) is 5.75 Å². The van der Waals surface area contributed by atoms with E-state index in [2.05, 4.69) is 15.9 Å². The quantitative estimate of drug-likeness (QED) is 0.315. The first-order chi connectivity index (χ1) is 17.3. The zero-order chi connectivity index (χ0) is 25.3. The second-order valence-corrected chi connectivity index (χ2v) is 10.8. The van der Waals surface area contributed by atoms with Crippen LogP contribution in [-0.4, -0.2) is 28.5 Å². The molecule has 1 heterocycles. The topological polar surface area (TPSA) is 91.8 Å². The van der Waals surface area contributed by atoms with Gasteiger partial charge >= 0.3 is 0 Å². The average Bonchev–Trinajstić information content (AvgIpc) is 3.12. The number of hydrogen-bond acceptors (Lipinski definition) is 5. The fourth-order valence-corrected chi connectivity index (χ4v) is 6.67. The molecule has 1 N–H and O–H groups in total. The minimum absolute atomic E-state index is 0.0851. The molecule has 8 heteroatoms. The largest absolute Gasteiger partial charge is 0.508 e. The molecule has 36 heavy (non-hydrogen) atoms. The molecule has 0 radical (unpaired) electrons. The van der Waals surface area contributed by atoms with Gasteiger partial charge in [-0.25, -0.2) is 0 Å². The first-order valence-corrected chi connectivity index (χ1v) is 12.7. The van der Waals surface area contributed by atoms with Crippen molar-refractivity contribution >= 4 is 56.6 Å². The van der Waals surface area contributed by atoms with Crippen molar-refractivity contribution in [3.63, 3.8) is 0 Å². The fraction of sp³-hybridized carbons (Fsp3) is 0.214. The van der Waals surface area contributed by atoms with Gasteiger partial charge in [0.25, 0.3) is 0 Å². The number of carbonyl (C=O) groups is 4. The molecule has 1 aliphatic heterocycles. The molecule has 4 unspecified atom stereocenters. The summed E-state index contributed by atoms with van der Waals surface area (Å²) in [6, 6.07) is 13.1. The van der Waals surface area contributed by atoms with Crippen molar-refractivity contribution in [1.29, 1.82) is 0 Å². The average molecular weight is 565 g/mol. The monoisotopic (exact) mass is 563 g/mol. The third kappa shape index (κ3) is 3.37. The zero-order valence-corrected chi connectivity index (χ0v) is 21.1. The summed E-state index contributed by atoms with van der Waals surface area (Å²) in [7, 11) is 0. The predicted molar refractivity (Wildman–Crippen MR) is 137 cm³/mol. The molecule has 0 bridgehead atoms. The van der Waals surface area contributed by atoms with Gasteiger partial charge in [0.1, 0.15) is 5.75 Å². The third-order valence-electron chi connectivity index (χ3n) is 7.64. The van der Waals surface area contributed by atoms with Gasteiger partial charge in [0.2, 0.25) is 11.8 Å². The molecule has 2 aromatic carbocycles. The molecular formula is C28H19BrClNO5. The number of ketones is 2. The van der Waals surface area contributed by atoms with Crippen LogP contribution in [0.2, 0.25) is 5.02 Å². The highest BCUT2D eigenvalue weighted by atomic mass is 79.9. The summed E-state index contributed by atoms with van der Waals surface area (Å²) >= 11 is 9.23. The Balaban J connectivity index is 1.48. The predicted octanol–water partition coefficient (Wildman–Crippen LogP) is 5.01. The summed E-state index contributed by atoms with van der Waals surface area (Å²) < 4.78 is 0.187. The van der Waals surface area contributed by atoms with Crippen LogP contribution < -0.4 is 4.90 Å².